The van der Waals surface area contributed by atoms with Crippen molar-refractivity contribution in [1.82, 2.24) is 9.80 Å². The van der Waals surface area contributed by atoms with Gasteiger partial charge in [-0.1, -0.05) is 12.1 Å². The normalized spacial score (nSPS) is 16.0. The molecule has 2 rings (SSSR count). The zero-order chi connectivity index (χ0) is 15.9. The molecule has 2 amide bonds. The number of primary amides is 1. The van der Waals surface area contributed by atoms with Gasteiger partial charge in [0, 0.05) is 37.0 Å². The summed E-state index contributed by atoms with van der Waals surface area (Å²) in [5, 5.41) is 2.04. The van der Waals surface area contributed by atoms with E-state index in [-0.39, 0.29) is 17.7 Å². The highest BCUT2D eigenvalue weighted by Crippen LogP contribution is 2.17. The lowest BCUT2D eigenvalue weighted by Gasteiger charge is -2.32. The first kappa shape index (κ1) is 16.7. The van der Waals surface area contributed by atoms with Crippen LogP contribution in [0.2, 0.25) is 0 Å². The molecule has 5 nitrogen and oxygen atoms in total. The number of likely N-dealkylation sites (tertiary alicyclic amines) is 1. The summed E-state index contributed by atoms with van der Waals surface area (Å²) in [6, 6.07) is 4.09. The SMILES string of the molecule is C=CCN(CC(=O)N1CCC(C(N)=O)CC1)Cc1cccs1. The number of amides is 2. The van der Waals surface area contributed by atoms with E-state index in [2.05, 4.69) is 17.5 Å². The third-order valence-corrected chi connectivity index (χ3v) is 4.82. The Morgan fingerprint density at radius 1 is 1.45 bits per heavy atom. The summed E-state index contributed by atoms with van der Waals surface area (Å²) < 4.78 is 0. The van der Waals surface area contributed by atoms with E-state index in [4.69, 9.17) is 5.73 Å². The lowest BCUT2D eigenvalue weighted by atomic mass is 9.96. The average molecular weight is 321 g/mol. The van der Waals surface area contributed by atoms with Gasteiger partial charge in [0.1, 0.15) is 0 Å². The third kappa shape index (κ3) is 4.68. The van der Waals surface area contributed by atoms with Gasteiger partial charge < -0.3 is 10.6 Å². The summed E-state index contributed by atoms with van der Waals surface area (Å²) in [6.07, 6.45) is 3.17. The van der Waals surface area contributed by atoms with Gasteiger partial charge in [0.05, 0.1) is 6.54 Å². The van der Waals surface area contributed by atoms with Crippen LogP contribution in [0.15, 0.2) is 30.2 Å². The Morgan fingerprint density at radius 3 is 2.73 bits per heavy atom. The molecule has 6 heteroatoms. The molecule has 0 aliphatic carbocycles. The molecule has 0 unspecified atom stereocenters. The molecule has 0 spiro atoms. The summed E-state index contributed by atoms with van der Waals surface area (Å²) in [5.74, 6) is -0.223. The lowest BCUT2D eigenvalue weighted by molar-refractivity contribution is -0.135. The van der Waals surface area contributed by atoms with Crippen molar-refractivity contribution in [2.45, 2.75) is 19.4 Å². The Hall–Kier alpha value is -1.66. The summed E-state index contributed by atoms with van der Waals surface area (Å²) in [4.78, 5) is 28.8. The molecule has 2 heterocycles. The number of piperidine rings is 1. The van der Waals surface area contributed by atoms with E-state index in [0.29, 0.717) is 39.0 Å². The van der Waals surface area contributed by atoms with Crippen LogP contribution < -0.4 is 5.73 Å². The number of hydrogen-bond donors (Lipinski definition) is 1. The highest BCUT2D eigenvalue weighted by molar-refractivity contribution is 7.09. The van der Waals surface area contributed by atoms with E-state index >= 15 is 0 Å². The van der Waals surface area contributed by atoms with Gasteiger partial charge in [0.2, 0.25) is 11.8 Å². The van der Waals surface area contributed by atoms with Gasteiger partial charge in [-0.15, -0.1) is 17.9 Å². The maximum Gasteiger partial charge on any atom is 0.236 e. The van der Waals surface area contributed by atoms with Crippen molar-refractivity contribution in [3.63, 3.8) is 0 Å². The number of carbonyl (C=O) groups is 2. The highest BCUT2D eigenvalue weighted by atomic mass is 32.1. The van der Waals surface area contributed by atoms with Crippen molar-refractivity contribution in [3.8, 4) is 0 Å². The largest absolute Gasteiger partial charge is 0.369 e. The molecule has 0 radical (unpaired) electrons. The van der Waals surface area contributed by atoms with Crippen LogP contribution in [0.1, 0.15) is 17.7 Å². The number of thiophene rings is 1. The van der Waals surface area contributed by atoms with Crippen LogP contribution in [0.3, 0.4) is 0 Å². The van der Waals surface area contributed by atoms with Crippen molar-refractivity contribution in [2.75, 3.05) is 26.2 Å². The maximum atomic E-state index is 12.4. The predicted octanol–water partition coefficient (Wildman–Crippen LogP) is 1.46. The minimum atomic E-state index is -0.252. The summed E-state index contributed by atoms with van der Waals surface area (Å²) in [6.45, 7) is 6.82. The fourth-order valence-corrected chi connectivity index (χ4v) is 3.44. The monoisotopic (exact) mass is 321 g/mol. The molecule has 1 aliphatic heterocycles. The number of rotatable bonds is 7. The van der Waals surface area contributed by atoms with E-state index in [1.54, 1.807) is 11.3 Å². The van der Waals surface area contributed by atoms with Crippen LogP contribution in [-0.4, -0.2) is 47.8 Å². The van der Waals surface area contributed by atoms with Crippen molar-refractivity contribution in [3.05, 3.63) is 35.0 Å². The third-order valence-electron chi connectivity index (χ3n) is 3.96. The molecule has 1 aromatic heterocycles. The summed E-state index contributed by atoms with van der Waals surface area (Å²) in [7, 11) is 0. The van der Waals surface area contributed by atoms with Crippen LogP contribution >= 0.6 is 11.3 Å². The van der Waals surface area contributed by atoms with Gasteiger partial charge in [0.15, 0.2) is 0 Å². The molecule has 2 N–H and O–H groups in total. The predicted molar refractivity (Wildman–Crippen MR) is 88.3 cm³/mol. The molecular formula is C16H23N3O2S. The van der Waals surface area contributed by atoms with Crippen LogP contribution in [0.25, 0.3) is 0 Å². The van der Waals surface area contributed by atoms with Gasteiger partial charge in [-0.3, -0.25) is 14.5 Å². The van der Waals surface area contributed by atoms with Crippen molar-refractivity contribution < 1.29 is 9.59 Å². The maximum absolute atomic E-state index is 12.4. The molecule has 1 fully saturated rings. The van der Waals surface area contributed by atoms with Crippen LogP contribution in [0.5, 0.6) is 0 Å². The van der Waals surface area contributed by atoms with Gasteiger partial charge in [-0.25, -0.2) is 0 Å². The second-order valence-corrected chi connectivity index (χ2v) is 6.63. The van der Waals surface area contributed by atoms with Gasteiger partial charge >= 0.3 is 0 Å². The first-order valence-electron chi connectivity index (χ1n) is 7.53. The highest BCUT2D eigenvalue weighted by Gasteiger charge is 2.26. The Labute approximate surface area is 135 Å². The lowest BCUT2D eigenvalue weighted by Crippen LogP contribution is -2.45. The number of carbonyl (C=O) groups excluding carboxylic acids is 2. The van der Waals surface area contributed by atoms with Crippen molar-refractivity contribution in [2.24, 2.45) is 11.7 Å². The first-order valence-corrected chi connectivity index (χ1v) is 8.41. The Kier molecular flexibility index (Phi) is 6.15. The van der Waals surface area contributed by atoms with E-state index in [1.165, 1.54) is 4.88 Å². The Balaban J connectivity index is 1.85. The summed E-state index contributed by atoms with van der Waals surface area (Å²) >= 11 is 1.69. The fraction of sp³-hybridized carbons (Fsp3) is 0.500. The second-order valence-electron chi connectivity index (χ2n) is 5.60. The van der Waals surface area contributed by atoms with E-state index in [9.17, 15) is 9.59 Å². The molecular weight excluding hydrogens is 298 g/mol. The molecule has 120 valence electrons. The topological polar surface area (TPSA) is 66.6 Å². The molecule has 0 bridgehead atoms. The smallest absolute Gasteiger partial charge is 0.236 e. The number of nitrogens with zero attached hydrogens (tertiary/aromatic N) is 2. The van der Waals surface area contributed by atoms with E-state index < -0.39 is 0 Å². The second kappa shape index (κ2) is 8.10. The number of nitrogens with two attached hydrogens (primary N) is 1. The molecule has 0 saturated carbocycles. The molecule has 22 heavy (non-hydrogen) atoms. The first-order chi connectivity index (χ1) is 10.6. The zero-order valence-corrected chi connectivity index (χ0v) is 13.6. The number of hydrogen-bond acceptors (Lipinski definition) is 4. The minimum absolute atomic E-state index is 0.0838. The van der Waals surface area contributed by atoms with Gasteiger partial charge in [0.25, 0.3) is 0 Å². The zero-order valence-electron chi connectivity index (χ0n) is 12.7. The van der Waals surface area contributed by atoms with Crippen LogP contribution in [0, 0.1) is 5.92 Å². The quantitative estimate of drug-likeness (QED) is 0.773. The molecule has 1 aromatic rings. The Morgan fingerprint density at radius 2 is 2.18 bits per heavy atom. The fourth-order valence-electron chi connectivity index (χ4n) is 2.70. The summed E-state index contributed by atoms with van der Waals surface area (Å²) in [5.41, 5.74) is 5.32. The van der Waals surface area contributed by atoms with Gasteiger partial charge in [-0.2, -0.15) is 0 Å². The molecule has 1 saturated heterocycles. The molecule has 0 atom stereocenters. The van der Waals surface area contributed by atoms with Crippen LogP contribution in [-0.2, 0) is 16.1 Å². The standard InChI is InChI=1S/C16H23N3O2S/c1-2-7-18(11-14-4-3-10-22-14)12-15(20)19-8-5-13(6-9-19)16(17)21/h2-4,10,13H,1,5-9,11-12H2,(H2,17,21). The van der Waals surface area contributed by atoms with Gasteiger partial charge in [-0.05, 0) is 24.3 Å². The van der Waals surface area contributed by atoms with Crippen LogP contribution in [0.4, 0.5) is 0 Å². The minimum Gasteiger partial charge on any atom is -0.369 e. The van der Waals surface area contributed by atoms with E-state index in [1.807, 2.05) is 22.4 Å². The Bertz CT molecular complexity index is 507. The molecule has 1 aliphatic rings. The molecule has 0 aromatic carbocycles. The van der Waals surface area contributed by atoms with Crippen molar-refractivity contribution in [1.29, 1.82) is 0 Å². The van der Waals surface area contributed by atoms with Crippen molar-refractivity contribution >= 4 is 23.2 Å². The average Bonchev–Trinajstić information content (AvgIpc) is 3.00. The van der Waals surface area contributed by atoms with E-state index in [0.717, 1.165) is 6.54 Å².